The number of nitrogens with one attached hydrogen (secondary N) is 1. The molecule has 106 valence electrons. The molecule has 0 saturated heterocycles. The molecule has 2 rings (SSSR count). The third-order valence-electron chi connectivity index (χ3n) is 2.63. The molecule has 1 aromatic carbocycles. The molecule has 1 heterocycles. The number of rotatable bonds is 6. The maximum atomic E-state index is 11.8. The second-order valence-electron chi connectivity index (χ2n) is 4.06. The highest BCUT2D eigenvalue weighted by Crippen LogP contribution is 2.11. The third-order valence-corrected chi connectivity index (χ3v) is 2.63. The Labute approximate surface area is 115 Å². The molecule has 6 heteroatoms. The second kappa shape index (κ2) is 6.83. The van der Waals surface area contributed by atoms with E-state index in [2.05, 4.69) is 5.32 Å². The highest BCUT2D eigenvalue weighted by atomic mass is 16.5. The van der Waals surface area contributed by atoms with Gasteiger partial charge in [0.25, 0.3) is 5.91 Å². The summed E-state index contributed by atoms with van der Waals surface area (Å²) < 4.78 is 10.4. The van der Waals surface area contributed by atoms with Gasteiger partial charge in [0, 0.05) is 12.6 Å². The molecule has 0 atom stereocenters. The predicted octanol–water partition coefficient (Wildman–Crippen LogP) is 0.532. The number of fused-ring (bicyclic) bond motifs is 1. The number of amides is 1. The lowest BCUT2D eigenvalue weighted by molar-refractivity contribution is 0.0822. The molecular formula is C14H15NO5. The first kappa shape index (κ1) is 14.2. The number of ether oxygens (including phenoxy) is 1. The highest BCUT2D eigenvalue weighted by Gasteiger charge is 2.11. The van der Waals surface area contributed by atoms with E-state index in [4.69, 9.17) is 14.3 Å². The topological polar surface area (TPSA) is 88.8 Å². The van der Waals surface area contributed by atoms with Gasteiger partial charge in [-0.3, -0.25) is 9.59 Å². The van der Waals surface area contributed by atoms with E-state index in [9.17, 15) is 9.59 Å². The molecule has 0 saturated carbocycles. The van der Waals surface area contributed by atoms with Crippen LogP contribution in [0.5, 0.6) is 0 Å². The van der Waals surface area contributed by atoms with Gasteiger partial charge in [-0.25, -0.2) is 0 Å². The molecule has 0 radical (unpaired) electrons. The van der Waals surface area contributed by atoms with Gasteiger partial charge in [-0.1, -0.05) is 12.1 Å². The summed E-state index contributed by atoms with van der Waals surface area (Å²) >= 11 is 0. The number of aliphatic hydroxyl groups excluding tert-OH is 1. The average Bonchev–Trinajstić information content (AvgIpc) is 2.47. The van der Waals surface area contributed by atoms with Crippen LogP contribution in [-0.2, 0) is 4.74 Å². The maximum Gasteiger partial charge on any atom is 0.287 e. The molecule has 2 aromatic rings. The van der Waals surface area contributed by atoms with Crippen molar-refractivity contribution < 1.29 is 19.1 Å². The molecule has 1 amide bonds. The Bertz CT molecular complexity index is 649. The lowest BCUT2D eigenvalue weighted by atomic mass is 10.2. The van der Waals surface area contributed by atoms with E-state index in [0.717, 1.165) is 0 Å². The molecule has 0 bridgehead atoms. The Kier molecular flexibility index (Phi) is 4.86. The van der Waals surface area contributed by atoms with Crippen molar-refractivity contribution in [1.29, 1.82) is 0 Å². The first-order valence-electron chi connectivity index (χ1n) is 6.22. The standard InChI is InChI=1S/C14H15NO5/c16-6-8-19-7-5-15-14(18)13-9-11(17)10-3-1-2-4-12(10)20-13/h1-4,9,16H,5-8H2,(H,15,18). The third kappa shape index (κ3) is 3.43. The number of hydrogen-bond donors (Lipinski definition) is 2. The Morgan fingerprint density at radius 3 is 2.90 bits per heavy atom. The largest absolute Gasteiger partial charge is 0.451 e. The quantitative estimate of drug-likeness (QED) is 0.752. The summed E-state index contributed by atoms with van der Waals surface area (Å²) in [7, 11) is 0. The number of carbonyl (C=O) groups is 1. The predicted molar refractivity (Wildman–Crippen MR) is 72.7 cm³/mol. The normalized spacial score (nSPS) is 10.7. The summed E-state index contributed by atoms with van der Waals surface area (Å²) in [6, 6.07) is 7.92. The monoisotopic (exact) mass is 277 g/mol. The summed E-state index contributed by atoms with van der Waals surface area (Å²) in [6.07, 6.45) is 0. The van der Waals surface area contributed by atoms with E-state index < -0.39 is 5.91 Å². The van der Waals surface area contributed by atoms with Crippen molar-refractivity contribution in [3.05, 3.63) is 46.3 Å². The summed E-state index contributed by atoms with van der Waals surface area (Å²) in [6.45, 7) is 0.716. The fourth-order valence-corrected chi connectivity index (χ4v) is 1.71. The molecule has 0 aliphatic rings. The average molecular weight is 277 g/mol. The number of benzene rings is 1. The van der Waals surface area contributed by atoms with E-state index in [1.807, 2.05) is 0 Å². The van der Waals surface area contributed by atoms with Gasteiger partial charge >= 0.3 is 0 Å². The van der Waals surface area contributed by atoms with Crippen LogP contribution in [0.3, 0.4) is 0 Å². The van der Waals surface area contributed by atoms with Crippen LogP contribution in [0.2, 0.25) is 0 Å². The fourth-order valence-electron chi connectivity index (χ4n) is 1.71. The van der Waals surface area contributed by atoms with E-state index in [1.54, 1.807) is 24.3 Å². The molecule has 0 aliphatic heterocycles. The van der Waals surface area contributed by atoms with Crippen molar-refractivity contribution in [2.75, 3.05) is 26.4 Å². The van der Waals surface area contributed by atoms with E-state index in [0.29, 0.717) is 11.0 Å². The highest BCUT2D eigenvalue weighted by molar-refractivity contribution is 5.93. The number of aliphatic hydroxyl groups is 1. The lowest BCUT2D eigenvalue weighted by Gasteiger charge is -2.05. The van der Waals surface area contributed by atoms with Crippen molar-refractivity contribution >= 4 is 16.9 Å². The van der Waals surface area contributed by atoms with Crippen LogP contribution >= 0.6 is 0 Å². The summed E-state index contributed by atoms with van der Waals surface area (Å²) in [5.41, 5.74) is 0.121. The molecule has 0 aliphatic carbocycles. The second-order valence-corrected chi connectivity index (χ2v) is 4.06. The van der Waals surface area contributed by atoms with Gasteiger partial charge in [0.2, 0.25) is 0 Å². The molecule has 0 fully saturated rings. The van der Waals surface area contributed by atoms with Crippen LogP contribution < -0.4 is 10.7 Å². The van der Waals surface area contributed by atoms with Gasteiger partial charge in [-0.15, -0.1) is 0 Å². The minimum atomic E-state index is -0.472. The van der Waals surface area contributed by atoms with Crippen molar-refractivity contribution in [2.24, 2.45) is 0 Å². The zero-order valence-corrected chi connectivity index (χ0v) is 10.8. The summed E-state index contributed by atoms with van der Waals surface area (Å²) in [5, 5.41) is 11.5. The Balaban J connectivity index is 2.05. The summed E-state index contributed by atoms with van der Waals surface area (Å²) in [4.78, 5) is 23.7. The van der Waals surface area contributed by atoms with Gasteiger partial charge < -0.3 is 19.6 Å². The van der Waals surface area contributed by atoms with Gasteiger partial charge in [0.05, 0.1) is 25.2 Å². The molecule has 0 spiro atoms. The summed E-state index contributed by atoms with van der Waals surface area (Å²) in [5.74, 6) is -0.503. The molecule has 20 heavy (non-hydrogen) atoms. The van der Waals surface area contributed by atoms with E-state index in [-0.39, 0.29) is 37.6 Å². The van der Waals surface area contributed by atoms with Crippen LogP contribution in [0.4, 0.5) is 0 Å². The lowest BCUT2D eigenvalue weighted by Crippen LogP contribution is -2.28. The van der Waals surface area contributed by atoms with Crippen molar-refractivity contribution in [3.63, 3.8) is 0 Å². The van der Waals surface area contributed by atoms with Crippen LogP contribution in [0, 0.1) is 0 Å². The molecule has 1 aromatic heterocycles. The minimum Gasteiger partial charge on any atom is -0.451 e. The van der Waals surface area contributed by atoms with Gasteiger partial charge in [0.15, 0.2) is 11.2 Å². The molecule has 6 nitrogen and oxygen atoms in total. The SMILES string of the molecule is O=C(NCCOCCO)c1cc(=O)c2ccccc2o1. The number of para-hydroxylation sites is 1. The fraction of sp³-hybridized carbons (Fsp3) is 0.286. The number of carbonyl (C=O) groups excluding carboxylic acids is 1. The zero-order chi connectivity index (χ0) is 14.4. The molecular weight excluding hydrogens is 262 g/mol. The van der Waals surface area contributed by atoms with E-state index >= 15 is 0 Å². The van der Waals surface area contributed by atoms with Crippen molar-refractivity contribution in [3.8, 4) is 0 Å². The van der Waals surface area contributed by atoms with Gasteiger partial charge in [-0.2, -0.15) is 0 Å². The Morgan fingerprint density at radius 1 is 1.30 bits per heavy atom. The van der Waals surface area contributed by atoms with Crippen molar-refractivity contribution in [2.45, 2.75) is 0 Å². The first-order valence-corrected chi connectivity index (χ1v) is 6.22. The van der Waals surface area contributed by atoms with Crippen LogP contribution in [0.25, 0.3) is 11.0 Å². The van der Waals surface area contributed by atoms with Crippen LogP contribution in [0.15, 0.2) is 39.5 Å². The molecule has 0 unspecified atom stereocenters. The Morgan fingerprint density at radius 2 is 2.10 bits per heavy atom. The van der Waals surface area contributed by atoms with Crippen LogP contribution in [0.1, 0.15) is 10.6 Å². The van der Waals surface area contributed by atoms with E-state index in [1.165, 1.54) is 6.07 Å². The first-order chi connectivity index (χ1) is 9.72. The Hall–Kier alpha value is -2.18. The van der Waals surface area contributed by atoms with Gasteiger partial charge in [0.1, 0.15) is 5.58 Å². The minimum absolute atomic E-state index is 0.0316. The molecule has 2 N–H and O–H groups in total. The van der Waals surface area contributed by atoms with Gasteiger partial charge in [-0.05, 0) is 12.1 Å². The van der Waals surface area contributed by atoms with Crippen molar-refractivity contribution in [1.82, 2.24) is 5.32 Å². The van der Waals surface area contributed by atoms with Crippen LogP contribution in [-0.4, -0.2) is 37.4 Å². The maximum absolute atomic E-state index is 11.8. The number of hydrogen-bond acceptors (Lipinski definition) is 5. The smallest absolute Gasteiger partial charge is 0.287 e. The zero-order valence-electron chi connectivity index (χ0n) is 10.8.